The molecule has 0 amide bonds. The van der Waals surface area contributed by atoms with Gasteiger partial charge in [-0.25, -0.2) is 0 Å². The molecule has 0 aromatic heterocycles. The van der Waals surface area contributed by atoms with Crippen LogP contribution in [0.25, 0.3) is 6.08 Å². The van der Waals surface area contributed by atoms with Crippen LogP contribution in [0.4, 0.5) is 0 Å². The van der Waals surface area contributed by atoms with Gasteiger partial charge in [0.15, 0.2) is 0 Å². The molecule has 2 nitrogen and oxygen atoms in total. The maximum absolute atomic E-state index is 9.23. The van der Waals surface area contributed by atoms with E-state index in [4.69, 9.17) is 4.74 Å². The predicted octanol–water partition coefficient (Wildman–Crippen LogP) is 5.11. The van der Waals surface area contributed by atoms with E-state index in [0.717, 1.165) is 20.7 Å². The van der Waals surface area contributed by atoms with Gasteiger partial charge in [-0.05, 0) is 48.0 Å². The summed E-state index contributed by atoms with van der Waals surface area (Å²) in [6, 6.07) is 17.7. The molecule has 0 atom stereocenters. The predicted molar refractivity (Wildman–Crippen MR) is 86.6 cm³/mol. The van der Waals surface area contributed by atoms with E-state index in [2.05, 4.69) is 22.0 Å². The number of nitrogens with zero attached hydrogens (tertiary/aromatic N) is 1. The lowest BCUT2D eigenvalue weighted by molar-refractivity contribution is 0.415. The molecule has 0 heterocycles. The van der Waals surface area contributed by atoms with E-state index in [1.807, 2.05) is 54.6 Å². The Balaban J connectivity index is 2.16. The fourth-order valence-corrected chi connectivity index (χ4v) is 2.60. The zero-order chi connectivity index (χ0) is 14.4. The highest BCUT2D eigenvalue weighted by Gasteiger charge is 2.01. The zero-order valence-corrected chi connectivity index (χ0v) is 13.2. The molecule has 0 saturated carbocycles. The molecule has 2 aromatic rings. The van der Waals surface area contributed by atoms with Crippen LogP contribution in [0, 0.1) is 11.3 Å². The van der Waals surface area contributed by atoms with Crippen molar-refractivity contribution in [2.75, 3.05) is 7.11 Å². The van der Waals surface area contributed by atoms with Gasteiger partial charge >= 0.3 is 0 Å². The number of allylic oxidation sites excluding steroid dienone is 1. The van der Waals surface area contributed by atoms with Gasteiger partial charge in [-0.2, -0.15) is 5.26 Å². The SMILES string of the molecule is COc1ccc(/C=C(\C#N)Sc2ccc(Br)cc2)cc1. The zero-order valence-electron chi connectivity index (χ0n) is 10.8. The minimum absolute atomic E-state index is 0.650. The van der Waals surface area contributed by atoms with Gasteiger partial charge in [0, 0.05) is 9.37 Å². The molecule has 4 heteroatoms. The monoisotopic (exact) mass is 345 g/mol. The number of halogens is 1. The van der Waals surface area contributed by atoms with Crippen molar-refractivity contribution in [1.82, 2.24) is 0 Å². The number of nitriles is 1. The maximum Gasteiger partial charge on any atom is 0.118 e. The molecule has 0 aliphatic rings. The topological polar surface area (TPSA) is 33.0 Å². The van der Waals surface area contributed by atoms with Crippen molar-refractivity contribution < 1.29 is 4.74 Å². The number of methoxy groups -OCH3 is 1. The van der Waals surface area contributed by atoms with Crippen molar-refractivity contribution in [3.05, 3.63) is 63.5 Å². The molecule has 0 spiro atoms. The number of rotatable bonds is 4. The third-order valence-corrected chi connectivity index (χ3v) is 4.03. The Morgan fingerprint density at radius 3 is 2.35 bits per heavy atom. The number of thioether (sulfide) groups is 1. The van der Waals surface area contributed by atoms with Crippen molar-refractivity contribution in [3.63, 3.8) is 0 Å². The van der Waals surface area contributed by atoms with Crippen LogP contribution in [0.5, 0.6) is 5.75 Å². The number of ether oxygens (including phenoxy) is 1. The smallest absolute Gasteiger partial charge is 0.118 e. The quantitative estimate of drug-likeness (QED) is 0.569. The van der Waals surface area contributed by atoms with E-state index in [9.17, 15) is 5.26 Å². The van der Waals surface area contributed by atoms with E-state index in [-0.39, 0.29) is 0 Å². The summed E-state index contributed by atoms with van der Waals surface area (Å²) in [7, 11) is 1.63. The summed E-state index contributed by atoms with van der Waals surface area (Å²) < 4.78 is 6.14. The second-order valence-corrected chi connectivity index (χ2v) is 5.98. The first kappa shape index (κ1) is 14.7. The Morgan fingerprint density at radius 2 is 1.80 bits per heavy atom. The highest BCUT2D eigenvalue weighted by Crippen LogP contribution is 2.29. The third kappa shape index (κ3) is 4.16. The van der Waals surface area contributed by atoms with Gasteiger partial charge in [-0.3, -0.25) is 0 Å². The van der Waals surface area contributed by atoms with Crippen LogP contribution in [0.15, 0.2) is 62.8 Å². The largest absolute Gasteiger partial charge is 0.497 e. The minimum atomic E-state index is 0.650. The van der Waals surface area contributed by atoms with Crippen LogP contribution in [-0.2, 0) is 0 Å². The normalized spacial score (nSPS) is 10.9. The second-order valence-electron chi connectivity index (χ2n) is 3.95. The lowest BCUT2D eigenvalue weighted by atomic mass is 10.2. The van der Waals surface area contributed by atoms with Gasteiger partial charge in [0.2, 0.25) is 0 Å². The Bertz CT molecular complexity index is 642. The van der Waals surface area contributed by atoms with Gasteiger partial charge in [-0.1, -0.05) is 39.8 Å². The average molecular weight is 346 g/mol. The first-order valence-electron chi connectivity index (χ1n) is 5.90. The van der Waals surface area contributed by atoms with Crippen LogP contribution < -0.4 is 4.74 Å². The lowest BCUT2D eigenvalue weighted by Crippen LogP contribution is -1.82. The van der Waals surface area contributed by atoms with Gasteiger partial charge < -0.3 is 4.74 Å². The maximum atomic E-state index is 9.23. The van der Waals surface area contributed by atoms with E-state index < -0.39 is 0 Å². The van der Waals surface area contributed by atoms with Crippen LogP contribution >= 0.6 is 27.7 Å². The summed E-state index contributed by atoms with van der Waals surface area (Å²) >= 11 is 4.85. The van der Waals surface area contributed by atoms with Crippen LogP contribution in [-0.4, -0.2) is 7.11 Å². The molecule has 20 heavy (non-hydrogen) atoms. The fourth-order valence-electron chi connectivity index (χ4n) is 1.57. The first-order chi connectivity index (χ1) is 9.71. The Labute approximate surface area is 131 Å². The van der Waals surface area contributed by atoms with Crippen molar-refractivity contribution >= 4 is 33.8 Å². The van der Waals surface area contributed by atoms with Crippen molar-refractivity contribution in [2.45, 2.75) is 4.90 Å². The highest BCUT2D eigenvalue weighted by atomic mass is 79.9. The van der Waals surface area contributed by atoms with Gasteiger partial charge in [0.25, 0.3) is 0 Å². The van der Waals surface area contributed by atoms with Crippen molar-refractivity contribution in [3.8, 4) is 11.8 Å². The van der Waals surface area contributed by atoms with E-state index in [0.29, 0.717) is 4.91 Å². The molecule has 0 radical (unpaired) electrons. The summed E-state index contributed by atoms with van der Waals surface area (Å²) in [5.74, 6) is 0.807. The van der Waals surface area contributed by atoms with Gasteiger partial charge in [0.1, 0.15) is 11.8 Å². The van der Waals surface area contributed by atoms with Crippen molar-refractivity contribution in [2.24, 2.45) is 0 Å². The molecule has 0 bridgehead atoms. The standard InChI is InChI=1S/C16H12BrNOS/c1-19-14-6-2-12(3-7-14)10-16(11-18)20-15-8-4-13(17)5-9-15/h2-10H,1H3/b16-10+. The summed E-state index contributed by atoms with van der Waals surface area (Å²) in [6.07, 6.45) is 1.87. The van der Waals surface area contributed by atoms with E-state index in [1.54, 1.807) is 7.11 Å². The molecule has 100 valence electrons. The van der Waals surface area contributed by atoms with Crippen molar-refractivity contribution in [1.29, 1.82) is 5.26 Å². The van der Waals surface area contributed by atoms with Gasteiger partial charge in [0.05, 0.1) is 12.0 Å². The lowest BCUT2D eigenvalue weighted by Gasteiger charge is -2.02. The molecule has 0 unspecified atom stereocenters. The Kier molecular flexibility index (Phi) is 5.28. The minimum Gasteiger partial charge on any atom is -0.497 e. The van der Waals surface area contributed by atoms with Crippen LogP contribution in [0.3, 0.4) is 0 Å². The molecular weight excluding hydrogens is 334 g/mol. The number of hydrogen-bond donors (Lipinski definition) is 0. The molecule has 0 saturated heterocycles. The highest BCUT2D eigenvalue weighted by molar-refractivity contribution is 9.10. The molecule has 0 N–H and O–H groups in total. The Morgan fingerprint density at radius 1 is 1.15 bits per heavy atom. The molecular formula is C16H12BrNOS. The fraction of sp³-hybridized carbons (Fsp3) is 0.0625. The molecule has 2 aromatic carbocycles. The van der Waals surface area contributed by atoms with E-state index in [1.165, 1.54) is 11.8 Å². The average Bonchev–Trinajstić information content (AvgIpc) is 2.49. The summed E-state index contributed by atoms with van der Waals surface area (Å²) in [5, 5.41) is 9.23. The third-order valence-electron chi connectivity index (χ3n) is 2.57. The second kappa shape index (κ2) is 7.18. The molecule has 2 rings (SSSR count). The summed E-state index contributed by atoms with van der Waals surface area (Å²) in [4.78, 5) is 1.69. The summed E-state index contributed by atoms with van der Waals surface area (Å²) in [6.45, 7) is 0. The molecule has 0 fully saturated rings. The number of benzene rings is 2. The number of hydrogen-bond acceptors (Lipinski definition) is 3. The van der Waals surface area contributed by atoms with Crippen LogP contribution in [0.1, 0.15) is 5.56 Å². The van der Waals surface area contributed by atoms with Crippen LogP contribution in [0.2, 0.25) is 0 Å². The first-order valence-corrected chi connectivity index (χ1v) is 7.51. The van der Waals surface area contributed by atoms with E-state index >= 15 is 0 Å². The van der Waals surface area contributed by atoms with Gasteiger partial charge in [-0.15, -0.1) is 0 Å². The summed E-state index contributed by atoms with van der Waals surface area (Å²) in [5.41, 5.74) is 0.979. The molecule has 0 aliphatic heterocycles. The molecule has 0 aliphatic carbocycles. The Hall–Kier alpha value is -1.70.